The number of esters is 1. The Morgan fingerprint density at radius 3 is 3.00 bits per heavy atom. The molecule has 1 aliphatic heterocycles. The van der Waals surface area contributed by atoms with Crippen molar-refractivity contribution in [3.63, 3.8) is 0 Å². The van der Waals surface area contributed by atoms with Crippen LogP contribution in [0.15, 0.2) is 6.26 Å². The van der Waals surface area contributed by atoms with Crippen molar-refractivity contribution in [3.8, 4) is 0 Å². The van der Waals surface area contributed by atoms with Crippen molar-refractivity contribution in [1.82, 2.24) is 5.32 Å². The molecule has 1 atom stereocenters. The molecule has 0 aromatic rings. The third kappa shape index (κ3) is 2.20. The molecular formula is C9H13NO4. The van der Waals surface area contributed by atoms with Gasteiger partial charge in [-0.25, -0.2) is 4.79 Å². The zero-order chi connectivity index (χ0) is 10.4. The molecule has 1 heterocycles. The van der Waals surface area contributed by atoms with E-state index in [4.69, 9.17) is 4.74 Å². The highest BCUT2D eigenvalue weighted by atomic mass is 16.5. The van der Waals surface area contributed by atoms with Crippen molar-refractivity contribution >= 4 is 11.9 Å². The summed E-state index contributed by atoms with van der Waals surface area (Å²) < 4.78 is 9.60. The maximum atomic E-state index is 11.6. The van der Waals surface area contributed by atoms with Crippen LogP contribution in [0, 0.1) is 5.41 Å². The van der Waals surface area contributed by atoms with E-state index in [1.807, 2.05) is 0 Å². The van der Waals surface area contributed by atoms with Crippen molar-refractivity contribution < 1.29 is 19.1 Å². The number of nitrogens with one attached hydrogen (secondary N) is 1. The molecule has 0 bridgehead atoms. The van der Waals surface area contributed by atoms with Crippen LogP contribution in [0.1, 0.15) is 6.42 Å². The van der Waals surface area contributed by atoms with Gasteiger partial charge in [0.05, 0.1) is 6.61 Å². The van der Waals surface area contributed by atoms with Gasteiger partial charge >= 0.3 is 5.97 Å². The minimum absolute atomic E-state index is 0.297. The second-order valence-corrected chi connectivity index (χ2v) is 3.28. The summed E-state index contributed by atoms with van der Waals surface area (Å²) in [4.78, 5) is 21.4. The summed E-state index contributed by atoms with van der Waals surface area (Å²) in [5.41, 5.74) is -0.651. The highest BCUT2D eigenvalue weighted by Gasteiger charge is 2.42. The van der Waals surface area contributed by atoms with E-state index >= 15 is 0 Å². The lowest BCUT2D eigenvalue weighted by Gasteiger charge is -2.23. The van der Waals surface area contributed by atoms with Crippen molar-refractivity contribution in [2.24, 2.45) is 5.41 Å². The lowest BCUT2D eigenvalue weighted by molar-refractivity contribution is -0.151. The van der Waals surface area contributed by atoms with Gasteiger partial charge in [-0.05, 0) is 13.0 Å². The molecule has 0 spiro atoms. The molecule has 5 heteroatoms. The summed E-state index contributed by atoms with van der Waals surface area (Å²) in [6.07, 6.45) is 1.39. The molecule has 1 rings (SSSR count). The molecule has 0 saturated carbocycles. The fourth-order valence-electron chi connectivity index (χ4n) is 1.58. The first kappa shape index (κ1) is 10.9. The molecular weight excluding hydrogens is 186 g/mol. The summed E-state index contributed by atoms with van der Waals surface area (Å²) >= 11 is 0. The van der Waals surface area contributed by atoms with E-state index < -0.39 is 11.4 Å². The fourth-order valence-corrected chi connectivity index (χ4v) is 1.58. The molecule has 5 nitrogen and oxygen atoms in total. The molecule has 1 fully saturated rings. The van der Waals surface area contributed by atoms with Gasteiger partial charge in [-0.2, -0.15) is 0 Å². The second kappa shape index (κ2) is 4.91. The van der Waals surface area contributed by atoms with E-state index in [0.29, 0.717) is 19.6 Å². The van der Waals surface area contributed by atoms with E-state index in [2.05, 4.69) is 10.1 Å². The number of hydrogen-bond donors (Lipinski definition) is 1. The largest absolute Gasteiger partial charge is 0.422 e. The van der Waals surface area contributed by atoms with E-state index in [-0.39, 0.29) is 0 Å². The SMILES string of the molecule is COCC1(C(=O)OC=C=O)CCNC1. The molecule has 1 saturated heterocycles. The first-order chi connectivity index (χ1) is 6.75. The molecule has 1 aliphatic rings. The number of ether oxygens (including phenoxy) is 2. The smallest absolute Gasteiger partial charge is 0.321 e. The first-order valence-electron chi connectivity index (χ1n) is 4.35. The second-order valence-electron chi connectivity index (χ2n) is 3.28. The van der Waals surface area contributed by atoms with Crippen molar-refractivity contribution in [2.75, 3.05) is 26.8 Å². The molecule has 0 radical (unpaired) electrons. The molecule has 1 N–H and O–H groups in total. The van der Waals surface area contributed by atoms with Crippen LogP contribution < -0.4 is 5.32 Å². The van der Waals surface area contributed by atoms with Crippen molar-refractivity contribution in [3.05, 3.63) is 6.26 Å². The number of carbonyl (C=O) groups excluding carboxylic acids is 2. The van der Waals surface area contributed by atoms with Crippen molar-refractivity contribution in [1.29, 1.82) is 0 Å². The maximum absolute atomic E-state index is 11.6. The monoisotopic (exact) mass is 199 g/mol. The average molecular weight is 199 g/mol. The molecule has 0 aromatic heterocycles. The molecule has 14 heavy (non-hydrogen) atoms. The number of carbonyl (C=O) groups is 1. The van der Waals surface area contributed by atoms with Gasteiger partial charge in [-0.1, -0.05) is 0 Å². The number of rotatable bonds is 4. The number of methoxy groups -OCH3 is 1. The van der Waals surface area contributed by atoms with Gasteiger partial charge < -0.3 is 14.8 Å². The standard InChI is InChI=1S/C9H13NO4/c1-13-7-9(2-3-10-6-9)8(12)14-5-4-11/h5,10H,2-3,6-7H2,1H3. The van der Waals surface area contributed by atoms with Crippen LogP contribution in [0.5, 0.6) is 0 Å². The molecule has 0 aromatic carbocycles. The summed E-state index contributed by atoms with van der Waals surface area (Å²) in [6.45, 7) is 1.57. The third-order valence-corrected chi connectivity index (χ3v) is 2.31. The summed E-state index contributed by atoms with van der Waals surface area (Å²) in [7, 11) is 1.53. The minimum atomic E-state index is -0.651. The Morgan fingerprint density at radius 2 is 2.50 bits per heavy atom. The zero-order valence-corrected chi connectivity index (χ0v) is 8.04. The van der Waals surface area contributed by atoms with Gasteiger partial charge in [0.2, 0.25) is 0 Å². The molecule has 1 unspecified atom stereocenters. The van der Waals surface area contributed by atoms with Gasteiger partial charge in [-0.15, -0.1) is 0 Å². The quantitative estimate of drug-likeness (QED) is 0.375. The highest BCUT2D eigenvalue weighted by Crippen LogP contribution is 2.27. The molecule has 78 valence electrons. The predicted octanol–water partition coefficient (Wildman–Crippen LogP) is -0.499. The fraction of sp³-hybridized carbons (Fsp3) is 0.667. The Hall–Kier alpha value is -1.16. The first-order valence-corrected chi connectivity index (χ1v) is 4.35. The van der Waals surface area contributed by atoms with Crippen LogP contribution in [0.3, 0.4) is 0 Å². The van der Waals surface area contributed by atoms with Crippen LogP contribution in [-0.2, 0) is 19.1 Å². The summed E-state index contributed by atoms with van der Waals surface area (Å²) in [5, 5.41) is 3.06. The minimum Gasteiger partial charge on any atom is -0.422 e. The Balaban J connectivity index is 2.66. The molecule has 0 aliphatic carbocycles. The van der Waals surface area contributed by atoms with Gasteiger partial charge in [-0.3, -0.25) is 4.79 Å². The topological polar surface area (TPSA) is 64.6 Å². The van der Waals surface area contributed by atoms with Crippen LogP contribution in [0.4, 0.5) is 0 Å². The van der Waals surface area contributed by atoms with E-state index in [1.54, 1.807) is 0 Å². The van der Waals surface area contributed by atoms with Crippen LogP contribution >= 0.6 is 0 Å². The lowest BCUT2D eigenvalue weighted by Crippen LogP contribution is -2.38. The van der Waals surface area contributed by atoms with E-state index in [9.17, 15) is 9.59 Å². The Kier molecular flexibility index (Phi) is 3.83. The maximum Gasteiger partial charge on any atom is 0.321 e. The third-order valence-electron chi connectivity index (χ3n) is 2.31. The van der Waals surface area contributed by atoms with Crippen LogP contribution in [0.25, 0.3) is 0 Å². The van der Waals surface area contributed by atoms with Crippen molar-refractivity contribution in [2.45, 2.75) is 6.42 Å². The zero-order valence-electron chi connectivity index (χ0n) is 8.04. The summed E-state index contributed by atoms with van der Waals surface area (Å²) in [6, 6.07) is 0. The van der Waals surface area contributed by atoms with Gasteiger partial charge in [0.1, 0.15) is 5.41 Å². The average Bonchev–Trinajstić information content (AvgIpc) is 2.64. The van der Waals surface area contributed by atoms with Gasteiger partial charge in [0.25, 0.3) is 0 Å². The lowest BCUT2D eigenvalue weighted by atomic mass is 9.88. The Bertz CT molecular complexity index is 252. The Morgan fingerprint density at radius 1 is 1.71 bits per heavy atom. The number of hydrogen-bond acceptors (Lipinski definition) is 5. The van der Waals surface area contributed by atoms with Gasteiger partial charge in [0, 0.05) is 13.7 Å². The Labute approximate surface area is 82.1 Å². The van der Waals surface area contributed by atoms with E-state index in [1.165, 1.54) is 13.1 Å². The predicted molar refractivity (Wildman–Crippen MR) is 48.2 cm³/mol. The van der Waals surface area contributed by atoms with E-state index in [0.717, 1.165) is 12.8 Å². The summed E-state index contributed by atoms with van der Waals surface area (Å²) in [5.74, 6) is 0.965. The normalized spacial score (nSPS) is 25.5. The van der Waals surface area contributed by atoms with Gasteiger partial charge in [0.15, 0.2) is 12.2 Å². The highest BCUT2D eigenvalue weighted by molar-refractivity contribution is 5.79. The van der Waals surface area contributed by atoms with Crippen LogP contribution in [-0.4, -0.2) is 38.7 Å². The molecule has 0 amide bonds. The van der Waals surface area contributed by atoms with Crippen LogP contribution in [0.2, 0.25) is 0 Å².